The van der Waals surface area contributed by atoms with E-state index in [9.17, 15) is 0 Å². The molecule has 0 saturated heterocycles. The second kappa shape index (κ2) is 10.3. The Morgan fingerprint density at radius 3 is 1.91 bits per heavy atom. The molecule has 3 rings (SSSR count). The first kappa shape index (κ1) is 26.0. The lowest BCUT2D eigenvalue weighted by Crippen LogP contribution is -2.36. The van der Waals surface area contributed by atoms with Crippen LogP contribution in [-0.2, 0) is 4.74 Å². The highest BCUT2D eigenvalue weighted by Gasteiger charge is 2.32. The van der Waals surface area contributed by atoms with Gasteiger partial charge in [0.25, 0.3) is 0 Å². The minimum absolute atomic E-state index is 0.0432. The molecule has 0 spiro atoms. The van der Waals surface area contributed by atoms with Gasteiger partial charge in [0, 0.05) is 53.1 Å². The molecule has 4 N–H and O–H groups in total. The first-order valence-corrected chi connectivity index (χ1v) is 12.4. The fourth-order valence-corrected chi connectivity index (χ4v) is 4.62. The normalized spacial score (nSPS) is 14.8. The zero-order chi connectivity index (χ0) is 25.1. The molecular weight excluding hydrogens is 424 g/mol. The topological polar surface area (TPSA) is 79.7 Å². The monoisotopic (exact) mass is 466 g/mol. The van der Waals surface area contributed by atoms with E-state index in [2.05, 4.69) is 34.6 Å². The first-order valence-electron chi connectivity index (χ1n) is 12.4. The highest BCUT2D eigenvalue weighted by atomic mass is 16.5. The second-order valence-corrected chi connectivity index (χ2v) is 10.6. The summed E-state index contributed by atoms with van der Waals surface area (Å²) in [5.74, 6) is 1.60. The molecule has 0 saturated carbocycles. The van der Waals surface area contributed by atoms with Crippen LogP contribution in [0.3, 0.4) is 0 Å². The number of rotatable bonds is 11. The summed E-state index contributed by atoms with van der Waals surface area (Å²) in [7, 11) is 1.70. The molecule has 186 valence electrons. The van der Waals surface area contributed by atoms with Gasteiger partial charge in [-0.05, 0) is 68.5 Å². The molecule has 3 aromatic carbocycles. The molecule has 34 heavy (non-hydrogen) atoms. The number of ether oxygens (including phenoxy) is 3. The van der Waals surface area contributed by atoms with Crippen LogP contribution in [0.2, 0.25) is 0 Å². The molecule has 0 fully saturated rings. The summed E-state index contributed by atoms with van der Waals surface area (Å²) in [6, 6.07) is 12.0. The summed E-state index contributed by atoms with van der Waals surface area (Å²) in [6.07, 6.45) is 3.87. The lowest BCUT2D eigenvalue weighted by Gasteiger charge is -2.37. The lowest BCUT2D eigenvalue weighted by molar-refractivity contribution is 0.0345. The summed E-state index contributed by atoms with van der Waals surface area (Å²) in [5, 5.41) is 3.66. The molecule has 0 aliphatic rings. The van der Waals surface area contributed by atoms with E-state index in [1.807, 2.05) is 43.3 Å². The van der Waals surface area contributed by atoms with Crippen molar-refractivity contribution in [2.45, 2.75) is 78.9 Å². The number of hydrogen-bond donors (Lipinski definition) is 2. The predicted octanol–water partition coefficient (Wildman–Crippen LogP) is 7.34. The Bertz CT molecular complexity index is 1140. The van der Waals surface area contributed by atoms with E-state index in [-0.39, 0.29) is 17.1 Å². The van der Waals surface area contributed by atoms with Crippen molar-refractivity contribution in [3.63, 3.8) is 0 Å². The fraction of sp³-hybridized carbons (Fsp3) is 0.517. The van der Waals surface area contributed by atoms with Gasteiger partial charge in [0.05, 0.1) is 6.10 Å². The Morgan fingerprint density at radius 2 is 1.38 bits per heavy atom. The first-order chi connectivity index (χ1) is 16.0. The zero-order valence-electron chi connectivity index (χ0n) is 22.0. The summed E-state index contributed by atoms with van der Waals surface area (Å²) >= 11 is 0. The van der Waals surface area contributed by atoms with Crippen LogP contribution in [-0.4, -0.2) is 25.4 Å². The van der Waals surface area contributed by atoms with Gasteiger partial charge < -0.3 is 25.7 Å². The van der Waals surface area contributed by atoms with Crippen LogP contribution < -0.4 is 20.9 Å². The maximum atomic E-state index is 6.66. The number of hydrogen-bond acceptors (Lipinski definition) is 5. The summed E-state index contributed by atoms with van der Waals surface area (Å²) in [6.45, 7) is 13.9. The van der Waals surface area contributed by atoms with Gasteiger partial charge in [0.15, 0.2) is 0 Å². The van der Waals surface area contributed by atoms with E-state index in [1.165, 1.54) is 0 Å². The van der Waals surface area contributed by atoms with Gasteiger partial charge in [-0.15, -0.1) is 0 Å². The van der Waals surface area contributed by atoms with Gasteiger partial charge in [-0.1, -0.05) is 34.1 Å². The van der Waals surface area contributed by atoms with Crippen molar-refractivity contribution in [3.05, 3.63) is 36.4 Å². The highest BCUT2D eigenvalue weighted by molar-refractivity contribution is 6.18. The molecule has 2 atom stereocenters. The van der Waals surface area contributed by atoms with Crippen LogP contribution in [0.4, 0.5) is 11.4 Å². The Kier molecular flexibility index (Phi) is 7.87. The average molecular weight is 467 g/mol. The van der Waals surface area contributed by atoms with Crippen molar-refractivity contribution in [3.8, 4) is 11.5 Å². The molecule has 0 aliphatic carbocycles. The van der Waals surface area contributed by atoms with Crippen molar-refractivity contribution in [1.29, 1.82) is 0 Å². The maximum Gasteiger partial charge on any atom is 0.120 e. The van der Waals surface area contributed by atoms with Crippen LogP contribution in [0, 0.1) is 5.41 Å². The smallest absolute Gasteiger partial charge is 0.120 e. The van der Waals surface area contributed by atoms with Gasteiger partial charge in [-0.25, -0.2) is 0 Å². The third kappa shape index (κ3) is 5.69. The number of nitrogens with two attached hydrogens (primary N) is 2. The summed E-state index contributed by atoms with van der Waals surface area (Å²) in [4.78, 5) is 0. The average Bonchev–Trinajstić information content (AvgIpc) is 2.80. The molecular formula is C29H42N2O3. The third-order valence-corrected chi connectivity index (χ3v) is 7.13. The van der Waals surface area contributed by atoms with Crippen LogP contribution >= 0.6 is 0 Å². The molecule has 3 aromatic rings. The number of benzene rings is 3. The van der Waals surface area contributed by atoms with Gasteiger partial charge in [0.2, 0.25) is 0 Å². The van der Waals surface area contributed by atoms with Gasteiger partial charge >= 0.3 is 0 Å². The van der Waals surface area contributed by atoms with Gasteiger partial charge in [-0.2, -0.15) is 0 Å². The van der Waals surface area contributed by atoms with E-state index in [1.54, 1.807) is 7.11 Å². The van der Waals surface area contributed by atoms with Crippen molar-refractivity contribution in [2.75, 3.05) is 25.2 Å². The fourth-order valence-electron chi connectivity index (χ4n) is 4.62. The molecule has 0 radical (unpaired) electrons. The molecule has 2 unspecified atom stereocenters. The van der Waals surface area contributed by atoms with Crippen LogP contribution in [0.25, 0.3) is 21.5 Å². The molecule has 0 aromatic heterocycles. The number of fused-ring (bicyclic) bond motifs is 2. The van der Waals surface area contributed by atoms with Crippen molar-refractivity contribution in [1.82, 2.24) is 0 Å². The SMILES string of the molecule is CCC(C)(C)CC(C)(CC)Oc1ccc2c(N)c3cc(OC(C)CCOC)ccc3c(N)c2c1. The number of anilines is 2. The number of methoxy groups -OCH3 is 1. The Morgan fingerprint density at radius 1 is 0.824 bits per heavy atom. The van der Waals surface area contributed by atoms with Crippen LogP contribution in [0.5, 0.6) is 11.5 Å². The number of nitrogen functional groups attached to an aromatic ring is 2. The van der Waals surface area contributed by atoms with E-state index < -0.39 is 0 Å². The van der Waals surface area contributed by atoms with Crippen molar-refractivity contribution < 1.29 is 14.2 Å². The molecule has 0 aliphatic heterocycles. The van der Waals surface area contributed by atoms with Crippen molar-refractivity contribution in [2.24, 2.45) is 5.41 Å². The molecule has 0 amide bonds. The zero-order valence-corrected chi connectivity index (χ0v) is 22.0. The Balaban J connectivity index is 1.98. The largest absolute Gasteiger partial charge is 0.491 e. The van der Waals surface area contributed by atoms with E-state index in [0.29, 0.717) is 18.0 Å². The molecule has 0 bridgehead atoms. The standard InChI is InChI=1S/C29H42N2O3/c1-8-28(4,5)18-29(6,9-2)34-21-11-13-23-25(17-21)27(31)22-12-10-20(16-24(22)26(23)30)33-19(3)14-15-32-7/h10-13,16-17,19H,8-9,14-15,18,30-31H2,1-7H3. The summed E-state index contributed by atoms with van der Waals surface area (Å²) in [5.41, 5.74) is 14.7. The van der Waals surface area contributed by atoms with E-state index in [4.69, 9.17) is 25.7 Å². The Hall–Kier alpha value is -2.66. The van der Waals surface area contributed by atoms with Gasteiger partial charge in [0.1, 0.15) is 17.1 Å². The van der Waals surface area contributed by atoms with Crippen molar-refractivity contribution >= 4 is 32.9 Å². The highest BCUT2D eigenvalue weighted by Crippen LogP contribution is 2.41. The quantitative estimate of drug-likeness (QED) is 0.176. The van der Waals surface area contributed by atoms with Gasteiger partial charge in [-0.3, -0.25) is 0 Å². The summed E-state index contributed by atoms with van der Waals surface area (Å²) < 4.78 is 17.8. The minimum Gasteiger partial charge on any atom is -0.491 e. The molecule has 0 heterocycles. The molecule has 5 nitrogen and oxygen atoms in total. The van der Waals surface area contributed by atoms with E-state index >= 15 is 0 Å². The predicted molar refractivity (Wildman–Crippen MR) is 145 cm³/mol. The molecule has 5 heteroatoms. The van der Waals surface area contributed by atoms with Crippen LogP contribution in [0.1, 0.15) is 67.2 Å². The Labute approximate surface area is 204 Å². The van der Waals surface area contributed by atoms with Crippen LogP contribution in [0.15, 0.2) is 36.4 Å². The third-order valence-electron chi connectivity index (χ3n) is 7.13. The van der Waals surface area contributed by atoms with E-state index in [0.717, 1.165) is 58.7 Å². The maximum absolute atomic E-state index is 6.66. The second-order valence-electron chi connectivity index (χ2n) is 10.6. The lowest BCUT2D eigenvalue weighted by atomic mass is 9.78. The minimum atomic E-state index is -0.254.